The molecule has 1 amide bonds. The fraction of sp³-hybridized carbons (Fsp3) is 0.588. The van der Waals surface area contributed by atoms with E-state index in [9.17, 15) is 13.2 Å². The number of sulfonamides is 1. The maximum atomic E-state index is 12.6. The summed E-state index contributed by atoms with van der Waals surface area (Å²) in [5.74, 6) is 1.30. The fourth-order valence-corrected chi connectivity index (χ4v) is 6.59. The highest BCUT2D eigenvalue weighted by Gasteiger charge is 2.30. The molecular weight excluding hydrogens is 468 g/mol. The molecule has 0 radical (unpaired) electrons. The van der Waals surface area contributed by atoms with Crippen molar-refractivity contribution >= 4 is 43.2 Å². The Labute approximate surface area is 177 Å². The van der Waals surface area contributed by atoms with E-state index in [0.717, 1.165) is 16.6 Å². The van der Waals surface area contributed by atoms with Crippen molar-refractivity contribution in [3.63, 3.8) is 0 Å². The molecule has 0 spiro atoms. The van der Waals surface area contributed by atoms with Crippen LogP contribution in [0.5, 0.6) is 0 Å². The smallest absolute Gasteiger partial charge is 0.252 e. The normalized spacial score (nSPS) is 15.9. The lowest BCUT2D eigenvalue weighted by Crippen LogP contribution is -2.50. The molecule has 1 fully saturated rings. The van der Waals surface area contributed by atoms with Gasteiger partial charge in [-0.1, -0.05) is 12.1 Å². The average Bonchev–Trinajstić information content (AvgIpc) is 3.31. The molecule has 0 aromatic carbocycles. The largest absolute Gasteiger partial charge is 0.340 e. The molecule has 1 aliphatic heterocycles. The molecule has 3 rings (SSSR count). The zero-order valence-electron chi connectivity index (χ0n) is 15.6. The average molecular weight is 491 g/mol. The van der Waals surface area contributed by atoms with Crippen LogP contribution in [0.4, 0.5) is 0 Å². The monoisotopic (exact) mass is 490 g/mol. The lowest BCUT2D eigenvalue weighted by Gasteiger charge is -2.33. The molecule has 0 bridgehead atoms. The van der Waals surface area contributed by atoms with E-state index in [0.29, 0.717) is 61.4 Å². The summed E-state index contributed by atoms with van der Waals surface area (Å²) < 4.78 is 33.0. The highest BCUT2D eigenvalue weighted by Crippen LogP contribution is 2.29. The minimum atomic E-state index is -3.49. The molecule has 0 atom stereocenters. The van der Waals surface area contributed by atoms with Crippen LogP contribution in [0, 0.1) is 0 Å². The van der Waals surface area contributed by atoms with E-state index in [4.69, 9.17) is 4.52 Å². The molecule has 0 saturated carbocycles. The standard InChI is InChI=1S/C17H23BrN4O4S2/c1-2-4-14-19-15(26-20-14)5-3-6-16(23)21-9-11-22(12-10-21)28(24,25)17-8-7-13(18)27-17/h7-8H,2-6,9-12H2,1H3. The number of carbonyl (C=O) groups excluding carboxylic acids is 1. The number of hydrogen-bond acceptors (Lipinski definition) is 7. The van der Waals surface area contributed by atoms with Crippen LogP contribution < -0.4 is 0 Å². The van der Waals surface area contributed by atoms with Crippen molar-refractivity contribution in [2.45, 2.75) is 43.2 Å². The van der Waals surface area contributed by atoms with Gasteiger partial charge in [-0.3, -0.25) is 4.79 Å². The summed E-state index contributed by atoms with van der Waals surface area (Å²) in [6.45, 7) is 3.50. The molecule has 0 aliphatic carbocycles. The number of halogens is 1. The van der Waals surface area contributed by atoms with Crippen LogP contribution in [-0.2, 0) is 27.7 Å². The second-order valence-electron chi connectivity index (χ2n) is 6.55. The first-order valence-electron chi connectivity index (χ1n) is 9.25. The number of thiophene rings is 1. The van der Waals surface area contributed by atoms with Gasteiger partial charge in [-0.05, 0) is 40.9 Å². The number of carbonyl (C=O) groups is 1. The van der Waals surface area contributed by atoms with Gasteiger partial charge in [0.25, 0.3) is 10.0 Å². The Morgan fingerprint density at radius 3 is 2.64 bits per heavy atom. The van der Waals surface area contributed by atoms with Gasteiger partial charge in [0.15, 0.2) is 5.82 Å². The van der Waals surface area contributed by atoms with E-state index < -0.39 is 10.0 Å². The summed E-state index contributed by atoms with van der Waals surface area (Å²) in [4.78, 5) is 18.4. The van der Waals surface area contributed by atoms with Gasteiger partial charge >= 0.3 is 0 Å². The molecule has 2 aromatic rings. The zero-order chi connectivity index (χ0) is 20.1. The summed E-state index contributed by atoms with van der Waals surface area (Å²) in [5.41, 5.74) is 0. The first-order chi connectivity index (χ1) is 13.4. The van der Waals surface area contributed by atoms with Crippen LogP contribution in [0.2, 0.25) is 0 Å². The van der Waals surface area contributed by atoms with E-state index in [1.54, 1.807) is 17.0 Å². The summed E-state index contributed by atoms with van der Waals surface area (Å²) in [6, 6.07) is 3.33. The first kappa shape index (κ1) is 21.4. The van der Waals surface area contributed by atoms with Gasteiger partial charge in [-0.2, -0.15) is 9.29 Å². The first-order valence-corrected chi connectivity index (χ1v) is 12.3. The third kappa shape index (κ3) is 5.19. The van der Waals surface area contributed by atoms with Gasteiger partial charge in [0, 0.05) is 45.4 Å². The van der Waals surface area contributed by atoms with Gasteiger partial charge in [0.05, 0.1) is 3.79 Å². The minimum Gasteiger partial charge on any atom is -0.340 e. The van der Waals surface area contributed by atoms with Gasteiger partial charge in [-0.15, -0.1) is 11.3 Å². The molecule has 0 unspecified atom stereocenters. The maximum absolute atomic E-state index is 12.6. The van der Waals surface area contributed by atoms with Crippen LogP contribution in [-0.4, -0.2) is 59.8 Å². The van der Waals surface area contributed by atoms with Crippen LogP contribution >= 0.6 is 27.3 Å². The van der Waals surface area contributed by atoms with Crippen molar-refractivity contribution in [1.82, 2.24) is 19.3 Å². The number of aromatic nitrogens is 2. The molecular formula is C17H23BrN4O4S2. The van der Waals surface area contributed by atoms with E-state index in [1.165, 1.54) is 15.6 Å². The molecule has 1 saturated heterocycles. The Hall–Kier alpha value is -1.30. The second kappa shape index (κ2) is 9.47. The number of aryl methyl sites for hydroxylation is 2. The Bertz CT molecular complexity index is 904. The summed E-state index contributed by atoms with van der Waals surface area (Å²) >= 11 is 4.49. The van der Waals surface area contributed by atoms with Crippen LogP contribution in [0.3, 0.4) is 0 Å². The molecule has 8 nitrogen and oxygen atoms in total. The van der Waals surface area contributed by atoms with Crippen molar-refractivity contribution < 1.29 is 17.7 Å². The molecule has 28 heavy (non-hydrogen) atoms. The minimum absolute atomic E-state index is 0.0317. The lowest BCUT2D eigenvalue weighted by atomic mass is 10.2. The Balaban J connectivity index is 1.44. The molecule has 2 aromatic heterocycles. The third-order valence-electron chi connectivity index (χ3n) is 4.50. The van der Waals surface area contributed by atoms with E-state index >= 15 is 0 Å². The number of rotatable bonds is 8. The number of amides is 1. The number of piperazine rings is 1. The van der Waals surface area contributed by atoms with E-state index in [2.05, 4.69) is 33.0 Å². The van der Waals surface area contributed by atoms with Crippen LogP contribution in [0.15, 0.2) is 24.7 Å². The van der Waals surface area contributed by atoms with E-state index in [1.807, 2.05) is 0 Å². The third-order valence-corrected chi connectivity index (χ3v) is 8.49. The van der Waals surface area contributed by atoms with Crippen molar-refractivity contribution in [3.05, 3.63) is 27.6 Å². The van der Waals surface area contributed by atoms with Crippen LogP contribution in [0.1, 0.15) is 37.9 Å². The van der Waals surface area contributed by atoms with Gasteiger partial charge in [0.1, 0.15) is 4.21 Å². The van der Waals surface area contributed by atoms with Gasteiger partial charge < -0.3 is 9.42 Å². The summed E-state index contributed by atoms with van der Waals surface area (Å²) in [7, 11) is -3.49. The molecule has 3 heterocycles. The van der Waals surface area contributed by atoms with Crippen molar-refractivity contribution in [2.24, 2.45) is 0 Å². The van der Waals surface area contributed by atoms with Crippen molar-refractivity contribution in [1.29, 1.82) is 0 Å². The maximum Gasteiger partial charge on any atom is 0.252 e. The number of hydrogen-bond donors (Lipinski definition) is 0. The Kier molecular flexibility index (Phi) is 7.24. The Morgan fingerprint density at radius 2 is 2.00 bits per heavy atom. The quantitative estimate of drug-likeness (QED) is 0.564. The number of nitrogens with zero attached hydrogens (tertiary/aromatic N) is 4. The van der Waals surface area contributed by atoms with Crippen molar-refractivity contribution in [2.75, 3.05) is 26.2 Å². The SMILES string of the molecule is CCCc1noc(CCCC(=O)N2CCN(S(=O)(=O)c3ccc(Br)s3)CC2)n1. The van der Waals surface area contributed by atoms with Gasteiger partial charge in [-0.25, -0.2) is 8.42 Å². The van der Waals surface area contributed by atoms with Crippen molar-refractivity contribution in [3.8, 4) is 0 Å². The molecule has 154 valence electrons. The highest BCUT2D eigenvalue weighted by atomic mass is 79.9. The van der Waals surface area contributed by atoms with Crippen LogP contribution in [0.25, 0.3) is 0 Å². The van der Waals surface area contributed by atoms with E-state index in [-0.39, 0.29) is 5.91 Å². The Morgan fingerprint density at radius 1 is 1.25 bits per heavy atom. The van der Waals surface area contributed by atoms with Gasteiger partial charge in [0.2, 0.25) is 11.8 Å². The highest BCUT2D eigenvalue weighted by molar-refractivity contribution is 9.11. The fourth-order valence-electron chi connectivity index (χ4n) is 3.01. The molecule has 0 N–H and O–H groups in total. The zero-order valence-corrected chi connectivity index (χ0v) is 18.9. The second-order valence-corrected chi connectivity index (χ2v) is 11.2. The predicted molar refractivity (Wildman–Crippen MR) is 109 cm³/mol. The molecule has 1 aliphatic rings. The summed E-state index contributed by atoms with van der Waals surface area (Å²) in [5, 5.41) is 3.91. The topological polar surface area (TPSA) is 96.6 Å². The predicted octanol–water partition coefficient (Wildman–Crippen LogP) is 2.70. The molecule has 11 heteroatoms. The lowest BCUT2D eigenvalue weighted by molar-refractivity contribution is -0.132. The summed E-state index contributed by atoms with van der Waals surface area (Å²) in [6.07, 6.45) is 3.34.